The van der Waals surface area contributed by atoms with Crippen LogP contribution in [0.4, 0.5) is 11.4 Å². The van der Waals surface area contributed by atoms with Crippen LogP contribution in [0.5, 0.6) is 0 Å². The molecule has 0 saturated heterocycles. The fourth-order valence-electron chi connectivity index (χ4n) is 2.07. The molecule has 17 heavy (non-hydrogen) atoms. The average molecular weight is 346 g/mol. The minimum absolute atomic E-state index is 0.178. The molecule has 1 aromatic rings. The molecule has 0 radical (unpaired) electrons. The maximum absolute atomic E-state index is 10.7. The Hall–Kier alpha value is -0.850. The summed E-state index contributed by atoms with van der Waals surface area (Å²) < 4.78 is 0.685. The molecule has 1 saturated carbocycles. The van der Waals surface area contributed by atoms with E-state index in [0.29, 0.717) is 9.61 Å². The zero-order valence-electron chi connectivity index (χ0n) is 9.65. The van der Waals surface area contributed by atoms with Gasteiger partial charge in [0.1, 0.15) is 0 Å². The molecule has 0 aromatic heterocycles. The molecule has 92 valence electrons. The highest BCUT2D eigenvalue weighted by atomic mass is 127. The van der Waals surface area contributed by atoms with E-state index in [1.165, 1.54) is 19.3 Å². The van der Waals surface area contributed by atoms with Gasteiger partial charge in [-0.15, -0.1) is 0 Å². The fraction of sp³-hybridized carbons (Fsp3) is 0.500. The van der Waals surface area contributed by atoms with Gasteiger partial charge in [-0.25, -0.2) is 0 Å². The number of nitro groups is 1. The van der Waals surface area contributed by atoms with Crippen LogP contribution in [0.3, 0.4) is 0 Å². The van der Waals surface area contributed by atoms with E-state index < -0.39 is 0 Å². The topological polar surface area (TPSA) is 55.2 Å². The Bertz CT molecular complexity index is 437. The number of anilines is 1. The molecule has 2 rings (SSSR count). The Kier molecular flexibility index (Phi) is 3.86. The third-order valence-electron chi connectivity index (χ3n) is 3.08. The Morgan fingerprint density at radius 3 is 2.94 bits per heavy atom. The van der Waals surface area contributed by atoms with Gasteiger partial charge in [0.2, 0.25) is 0 Å². The van der Waals surface area contributed by atoms with E-state index >= 15 is 0 Å². The molecule has 0 heterocycles. The maximum Gasteiger partial charge on any atom is 0.282 e. The Morgan fingerprint density at radius 1 is 1.59 bits per heavy atom. The second-order valence-corrected chi connectivity index (χ2v) is 5.62. The molecule has 2 unspecified atom stereocenters. The van der Waals surface area contributed by atoms with Gasteiger partial charge < -0.3 is 5.32 Å². The molecule has 5 heteroatoms. The first-order valence-corrected chi connectivity index (χ1v) is 6.90. The summed E-state index contributed by atoms with van der Waals surface area (Å²) in [4.78, 5) is 10.3. The van der Waals surface area contributed by atoms with Gasteiger partial charge in [-0.2, -0.15) is 0 Å². The standard InChI is InChI=1S/C12H15IN2O2/c1-2-3-8-6-11(8)14-9-4-5-12(15(16)17)10(13)7-9/h4-5,7-8,11,14H,2-3,6H2,1H3. The number of rotatable bonds is 5. The van der Waals surface area contributed by atoms with Gasteiger partial charge in [-0.1, -0.05) is 13.3 Å². The lowest BCUT2D eigenvalue weighted by atomic mass is 10.2. The summed E-state index contributed by atoms with van der Waals surface area (Å²) in [5, 5.41) is 14.1. The average Bonchev–Trinajstić information content (AvgIpc) is 2.96. The van der Waals surface area contributed by atoms with Crippen molar-refractivity contribution in [1.82, 2.24) is 0 Å². The third-order valence-corrected chi connectivity index (χ3v) is 3.94. The van der Waals surface area contributed by atoms with Gasteiger partial charge in [0, 0.05) is 17.8 Å². The van der Waals surface area contributed by atoms with Crippen LogP contribution in [-0.2, 0) is 0 Å². The highest BCUT2D eigenvalue weighted by Crippen LogP contribution is 2.37. The van der Waals surface area contributed by atoms with Gasteiger partial charge in [-0.05, 0) is 53.5 Å². The van der Waals surface area contributed by atoms with Crippen LogP contribution in [0.25, 0.3) is 0 Å². The minimum atomic E-state index is -0.345. The highest BCUT2D eigenvalue weighted by Gasteiger charge is 2.35. The molecule has 0 amide bonds. The third kappa shape index (κ3) is 3.08. The number of hydrogen-bond donors (Lipinski definition) is 1. The first kappa shape index (κ1) is 12.6. The second-order valence-electron chi connectivity index (χ2n) is 4.46. The normalized spacial score (nSPS) is 22.2. The van der Waals surface area contributed by atoms with E-state index in [1.54, 1.807) is 12.1 Å². The van der Waals surface area contributed by atoms with Crippen LogP contribution in [0.1, 0.15) is 26.2 Å². The molecule has 1 N–H and O–H groups in total. The molecule has 4 nitrogen and oxygen atoms in total. The number of nitro benzene ring substituents is 1. The summed E-state index contributed by atoms with van der Waals surface area (Å²) >= 11 is 2.01. The van der Waals surface area contributed by atoms with Crippen molar-refractivity contribution < 1.29 is 4.92 Å². The molecule has 0 bridgehead atoms. The predicted molar refractivity (Wildman–Crippen MR) is 76.2 cm³/mol. The van der Waals surface area contributed by atoms with Crippen molar-refractivity contribution in [2.75, 3.05) is 5.32 Å². The molecule has 0 aliphatic heterocycles. The summed E-state index contributed by atoms with van der Waals surface area (Å²) in [7, 11) is 0. The molecule has 1 aromatic carbocycles. The Morgan fingerprint density at radius 2 is 2.35 bits per heavy atom. The van der Waals surface area contributed by atoms with Crippen molar-refractivity contribution in [1.29, 1.82) is 0 Å². The zero-order chi connectivity index (χ0) is 12.4. The number of halogens is 1. The van der Waals surface area contributed by atoms with E-state index in [4.69, 9.17) is 0 Å². The Balaban J connectivity index is 1.99. The summed E-state index contributed by atoms with van der Waals surface area (Å²) in [5.41, 5.74) is 1.17. The lowest BCUT2D eigenvalue weighted by Crippen LogP contribution is -2.05. The summed E-state index contributed by atoms with van der Waals surface area (Å²) in [5.74, 6) is 0.785. The van der Waals surface area contributed by atoms with Crippen molar-refractivity contribution in [2.45, 2.75) is 32.2 Å². The van der Waals surface area contributed by atoms with Crippen LogP contribution in [0.2, 0.25) is 0 Å². The van der Waals surface area contributed by atoms with Gasteiger partial charge in [0.25, 0.3) is 5.69 Å². The highest BCUT2D eigenvalue weighted by molar-refractivity contribution is 14.1. The summed E-state index contributed by atoms with van der Waals surface area (Å²) in [6, 6.07) is 5.77. The van der Waals surface area contributed by atoms with Crippen molar-refractivity contribution >= 4 is 34.0 Å². The van der Waals surface area contributed by atoms with Gasteiger partial charge >= 0.3 is 0 Å². The monoisotopic (exact) mass is 346 g/mol. The van der Waals surface area contributed by atoms with Crippen LogP contribution >= 0.6 is 22.6 Å². The Labute approximate surface area is 114 Å². The van der Waals surface area contributed by atoms with Gasteiger partial charge in [0.05, 0.1) is 8.49 Å². The van der Waals surface area contributed by atoms with E-state index in [2.05, 4.69) is 12.2 Å². The summed E-state index contributed by atoms with van der Waals surface area (Å²) in [6.07, 6.45) is 3.71. The van der Waals surface area contributed by atoms with Crippen molar-refractivity contribution in [3.63, 3.8) is 0 Å². The fourth-order valence-corrected chi connectivity index (χ4v) is 2.79. The van der Waals surface area contributed by atoms with Crippen LogP contribution < -0.4 is 5.32 Å². The van der Waals surface area contributed by atoms with Crippen LogP contribution in [0, 0.1) is 19.6 Å². The van der Waals surface area contributed by atoms with Gasteiger partial charge in [-0.3, -0.25) is 10.1 Å². The largest absolute Gasteiger partial charge is 0.382 e. The smallest absolute Gasteiger partial charge is 0.282 e. The van der Waals surface area contributed by atoms with E-state index in [-0.39, 0.29) is 10.6 Å². The SMILES string of the molecule is CCCC1CC1Nc1ccc([N+](=O)[O-])c(I)c1. The van der Waals surface area contributed by atoms with Crippen molar-refractivity contribution in [3.8, 4) is 0 Å². The van der Waals surface area contributed by atoms with E-state index in [0.717, 1.165) is 11.6 Å². The molecule has 1 fully saturated rings. The van der Waals surface area contributed by atoms with E-state index in [9.17, 15) is 10.1 Å². The van der Waals surface area contributed by atoms with Crippen LogP contribution in [0.15, 0.2) is 18.2 Å². The van der Waals surface area contributed by atoms with Crippen molar-refractivity contribution in [2.24, 2.45) is 5.92 Å². The zero-order valence-corrected chi connectivity index (χ0v) is 11.8. The minimum Gasteiger partial charge on any atom is -0.382 e. The number of nitrogens with zero attached hydrogens (tertiary/aromatic N) is 1. The molecule has 0 spiro atoms. The van der Waals surface area contributed by atoms with Crippen LogP contribution in [-0.4, -0.2) is 11.0 Å². The number of nitrogens with one attached hydrogen (secondary N) is 1. The molecular formula is C12H15IN2O2. The second kappa shape index (κ2) is 5.20. The van der Waals surface area contributed by atoms with E-state index in [1.807, 2.05) is 28.7 Å². The number of benzene rings is 1. The molecular weight excluding hydrogens is 331 g/mol. The molecule has 1 aliphatic carbocycles. The first-order valence-electron chi connectivity index (χ1n) is 5.82. The van der Waals surface area contributed by atoms with Crippen molar-refractivity contribution in [3.05, 3.63) is 31.9 Å². The number of hydrogen-bond acceptors (Lipinski definition) is 3. The molecule has 2 atom stereocenters. The summed E-state index contributed by atoms with van der Waals surface area (Å²) in [6.45, 7) is 2.20. The maximum atomic E-state index is 10.7. The lowest BCUT2D eigenvalue weighted by Gasteiger charge is -2.06. The first-order chi connectivity index (χ1) is 8.11. The molecule has 1 aliphatic rings. The lowest BCUT2D eigenvalue weighted by molar-refractivity contribution is -0.385. The van der Waals surface area contributed by atoms with Gasteiger partial charge in [0.15, 0.2) is 0 Å². The quantitative estimate of drug-likeness (QED) is 0.501. The predicted octanol–water partition coefficient (Wildman–Crippen LogP) is 3.80.